The first-order valence-electron chi connectivity index (χ1n) is 10.9. The van der Waals surface area contributed by atoms with Crippen molar-refractivity contribution in [3.05, 3.63) is 34.9 Å². The van der Waals surface area contributed by atoms with Gasteiger partial charge in [0.15, 0.2) is 5.78 Å². The fraction of sp³-hybridized carbons (Fsp3) is 0.708. The molecule has 0 saturated heterocycles. The molecule has 5 aliphatic carbocycles. The van der Waals surface area contributed by atoms with Crippen LogP contribution in [0.15, 0.2) is 34.9 Å². The van der Waals surface area contributed by atoms with Crippen molar-refractivity contribution in [2.24, 2.45) is 29.1 Å². The average molecular weight is 369 g/mol. The largest absolute Gasteiger partial charge is 0.392 e. The summed E-state index contributed by atoms with van der Waals surface area (Å²) in [5.74, 6) is 2.75. The van der Waals surface area contributed by atoms with Gasteiger partial charge in [0, 0.05) is 11.8 Å². The number of allylic oxidation sites excluding steroid dienone is 4. The van der Waals surface area contributed by atoms with Crippen molar-refractivity contribution in [3.8, 4) is 0 Å². The number of hydrogen-bond donors (Lipinski definition) is 2. The van der Waals surface area contributed by atoms with Crippen LogP contribution < -0.4 is 0 Å². The van der Waals surface area contributed by atoms with Gasteiger partial charge in [-0.15, -0.1) is 0 Å². The molecular formula is C24H32O3. The van der Waals surface area contributed by atoms with Crippen LogP contribution in [-0.4, -0.2) is 28.2 Å². The van der Waals surface area contributed by atoms with Crippen LogP contribution >= 0.6 is 0 Å². The summed E-state index contributed by atoms with van der Waals surface area (Å²) in [6, 6.07) is 0. The summed E-state index contributed by atoms with van der Waals surface area (Å²) in [4.78, 5) is 12.0. The maximum atomic E-state index is 12.0. The van der Waals surface area contributed by atoms with Crippen LogP contribution in [0.2, 0.25) is 0 Å². The highest BCUT2D eigenvalue weighted by Gasteiger charge is 2.63. The van der Waals surface area contributed by atoms with Crippen LogP contribution in [-0.2, 0) is 4.79 Å². The molecule has 5 rings (SSSR count). The minimum Gasteiger partial charge on any atom is -0.392 e. The van der Waals surface area contributed by atoms with E-state index in [4.69, 9.17) is 0 Å². The van der Waals surface area contributed by atoms with Crippen LogP contribution in [0.5, 0.6) is 0 Å². The molecule has 5 aliphatic rings. The Bertz CT molecular complexity index is 756. The van der Waals surface area contributed by atoms with Gasteiger partial charge >= 0.3 is 0 Å². The van der Waals surface area contributed by atoms with Gasteiger partial charge in [-0.3, -0.25) is 4.79 Å². The number of aliphatic hydroxyl groups is 2. The number of aliphatic hydroxyl groups excluding tert-OH is 1. The second kappa shape index (κ2) is 6.15. The van der Waals surface area contributed by atoms with Crippen molar-refractivity contribution >= 4 is 5.78 Å². The van der Waals surface area contributed by atoms with E-state index in [0.29, 0.717) is 30.0 Å². The van der Waals surface area contributed by atoms with Gasteiger partial charge in [0.25, 0.3) is 0 Å². The van der Waals surface area contributed by atoms with Gasteiger partial charge in [-0.1, -0.05) is 24.6 Å². The van der Waals surface area contributed by atoms with Crippen molar-refractivity contribution in [2.45, 2.75) is 70.3 Å². The highest BCUT2D eigenvalue weighted by atomic mass is 16.3. The molecule has 0 heterocycles. The molecule has 0 amide bonds. The Labute approximate surface area is 162 Å². The number of carbonyl (C=O) groups excluding carboxylic acids is 1. The van der Waals surface area contributed by atoms with Gasteiger partial charge in [-0.2, -0.15) is 0 Å². The highest BCUT2D eigenvalue weighted by molar-refractivity contribution is 5.93. The van der Waals surface area contributed by atoms with Gasteiger partial charge in [-0.05, 0) is 92.3 Å². The summed E-state index contributed by atoms with van der Waals surface area (Å²) in [5, 5.41) is 20.9. The van der Waals surface area contributed by atoms with Crippen LogP contribution in [0.1, 0.15) is 64.7 Å². The number of ketones is 1. The van der Waals surface area contributed by atoms with Crippen molar-refractivity contribution in [2.75, 3.05) is 6.61 Å². The molecule has 0 radical (unpaired) electrons. The monoisotopic (exact) mass is 368 g/mol. The third-order valence-corrected chi connectivity index (χ3v) is 8.68. The Hall–Kier alpha value is -1.19. The molecule has 0 bridgehead atoms. The van der Waals surface area contributed by atoms with E-state index in [1.165, 1.54) is 24.0 Å². The van der Waals surface area contributed by atoms with Gasteiger partial charge in [0.1, 0.15) is 0 Å². The molecule has 5 atom stereocenters. The molecular weight excluding hydrogens is 336 g/mol. The number of fused-ring (bicyclic) bond motifs is 4. The third-order valence-electron chi connectivity index (χ3n) is 8.68. The second-order valence-electron chi connectivity index (χ2n) is 9.93. The summed E-state index contributed by atoms with van der Waals surface area (Å²) >= 11 is 0. The van der Waals surface area contributed by atoms with Crippen LogP contribution in [0.3, 0.4) is 0 Å². The maximum Gasteiger partial charge on any atom is 0.156 e. The van der Waals surface area contributed by atoms with Gasteiger partial charge in [0.2, 0.25) is 0 Å². The Balaban J connectivity index is 1.60. The quantitative estimate of drug-likeness (QED) is 0.737. The Kier molecular flexibility index (Phi) is 4.07. The zero-order valence-corrected chi connectivity index (χ0v) is 16.4. The smallest absolute Gasteiger partial charge is 0.156 e. The van der Waals surface area contributed by atoms with Crippen LogP contribution in [0, 0.1) is 29.1 Å². The van der Waals surface area contributed by atoms with E-state index in [2.05, 4.69) is 6.92 Å². The molecule has 3 nitrogen and oxygen atoms in total. The van der Waals surface area contributed by atoms with Crippen molar-refractivity contribution in [1.29, 1.82) is 0 Å². The lowest BCUT2D eigenvalue weighted by molar-refractivity contribution is -0.114. The molecule has 3 fully saturated rings. The first-order valence-corrected chi connectivity index (χ1v) is 10.9. The van der Waals surface area contributed by atoms with E-state index in [0.717, 1.165) is 44.4 Å². The first-order chi connectivity index (χ1) is 13.0. The number of carbonyl (C=O) groups is 1. The lowest BCUT2D eigenvalue weighted by Crippen LogP contribution is -2.51. The minimum atomic E-state index is -0.789. The molecule has 27 heavy (non-hydrogen) atoms. The average Bonchev–Trinajstić information content (AvgIpc) is 3.45. The Morgan fingerprint density at radius 2 is 1.96 bits per heavy atom. The Morgan fingerprint density at radius 1 is 1.15 bits per heavy atom. The van der Waals surface area contributed by atoms with E-state index >= 15 is 0 Å². The highest BCUT2D eigenvalue weighted by Crippen LogP contribution is 2.67. The molecule has 3 heteroatoms. The van der Waals surface area contributed by atoms with Gasteiger partial charge in [0.05, 0.1) is 12.2 Å². The second-order valence-corrected chi connectivity index (χ2v) is 9.93. The van der Waals surface area contributed by atoms with Crippen molar-refractivity contribution < 1.29 is 15.0 Å². The SMILES string of the molecule is C[C@]12C[C@H](C3CC3)C3=C4CCC(=O)C=C4CC[C@H]3[C@@H]1CC[C@@]2(O)/C=C\CO. The predicted molar refractivity (Wildman–Crippen MR) is 105 cm³/mol. The van der Waals surface area contributed by atoms with E-state index in [9.17, 15) is 15.0 Å². The lowest BCUT2D eigenvalue weighted by Gasteiger charge is -2.54. The molecule has 0 spiro atoms. The number of rotatable bonds is 3. The zero-order chi connectivity index (χ0) is 18.8. The zero-order valence-electron chi connectivity index (χ0n) is 16.4. The summed E-state index contributed by atoms with van der Waals surface area (Å²) in [5.41, 5.74) is 3.67. The maximum absolute atomic E-state index is 12.0. The molecule has 0 aromatic carbocycles. The summed E-state index contributed by atoms with van der Waals surface area (Å²) < 4.78 is 0. The predicted octanol–water partition coefficient (Wildman–Crippen LogP) is 4.11. The van der Waals surface area contributed by atoms with Gasteiger partial charge < -0.3 is 10.2 Å². The van der Waals surface area contributed by atoms with Crippen molar-refractivity contribution in [3.63, 3.8) is 0 Å². The molecule has 3 saturated carbocycles. The van der Waals surface area contributed by atoms with Gasteiger partial charge in [-0.25, -0.2) is 0 Å². The topological polar surface area (TPSA) is 57.5 Å². The molecule has 146 valence electrons. The van der Waals surface area contributed by atoms with Crippen LogP contribution in [0.25, 0.3) is 0 Å². The summed E-state index contributed by atoms with van der Waals surface area (Å²) in [6.45, 7) is 2.31. The van der Waals surface area contributed by atoms with Crippen LogP contribution in [0.4, 0.5) is 0 Å². The summed E-state index contributed by atoms with van der Waals surface area (Å²) in [7, 11) is 0. The van der Waals surface area contributed by atoms with Crippen molar-refractivity contribution in [1.82, 2.24) is 0 Å². The number of hydrogen-bond acceptors (Lipinski definition) is 3. The normalized spacial score (nSPS) is 44.2. The third kappa shape index (κ3) is 2.57. The molecule has 0 aromatic heterocycles. The van der Waals surface area contributed by atoms with E-state index in [1.807, 2.05) is 12.2 Å². The van der Waals surface area contributed by atoms with E-state index < -0.39 is 5.60 Å². The fourth-order valence-corrected chi connectivity index (χ4v) is 7.20. The summed E-state index contributed by atoms with van der Waals surface area (Å²) in [6.07, 6.45) is 14.9. The van der Waals surface area contributed by atoms with E-state index in [-0.39, 0.29) is 12.0 Å². The molecule has 0 unspecified atom stereocenters. The molecule has 2 N–H and O–H groups in total. The van der Waals surface area contributed by atoms with E-state index in [1.54, 1.807) is 11.6 Å². The Morgan fingerprint density at radius 3 is 2.70 bits per heavy atom. The minimum absolute atomic E-state index is 0.00395. The first kappa shape index (κ1) is 17.9. The fourth-order valence-electron chi connectivity index (χ4n) is 7.20. The molecule has 0 aliphatic heterocycles. The molecule has 0 aromatic rings. The lowest BCUT2D eigenvalue weighted by atomic mass is 9.51. The standard InChI is InChI=1S/C24H32O3/c1-23-14-20(15-3-4-15)22-18-8-6-17(26)13-16(18)5-7-19(22)21(23)9-11-24(23,27)10-2-12-25/h2,10,13,15,19-21,25,27H,3-9,11-12,14H2,1H3/b10-2-/t19-,20+,21-,23-,24-/m0/s1.